The summed E-state index contributed by atoms with van der Waals surface area (Å²) in [5, 5.41) is 3.23. The molecule has 0 aliphatic heterocycles. The zero-order chi connectivity index (χ0) is 14.7. The fourth-order valence-corrected chi connectivity index (χ4v) is 2.63. The summed E-state index contributed by atoms with van der Waals surface area (Å²) < 4.78 is 5.69. The molecule has 20 heavy (non-hydrogen) atoms. The minimum atomic E-state index is 0.458. The average molecular weight is 290 g/mol. The van der Waals surface area contributed by atoms with Crippen LogP contribution in [0.2, 0.25) is 0 Å². The lowest BCUT2D eigenvalue weighted by Crippen LogP contribution is -2.06. The highest BCUT2D eigenvalue weighted by Crippen LogP contribution is 2.31. The molecule has 2 N–H and O–H groups in total. The number of nitrogens with two attached hydrogens (primary N) is 1. The minimum Gasteiger partial charge on any atom is -0.491 e. The Labute approximate surface area is 124 Å². The van der Waals surface area contributed by atoms with Crippen molar-refractivity contribution in [2.45, 2.75) is 33.6 Å². The third-order valence-electron chi connectivity index (χ3n) is 2.89. The van der Waals surface area contributed by atoms with Crippen molar-refractivity contribution in [3.05, 3.63) is 28.6 Å². The second kappa shape index (κ2) is 6.27. The first-order valence-corrected chi connectivity index (χ1v) is 7.83. The molecule has 0 atom stereocenters. The number of ether oxygens (including phenoxy) is 1. The van der Waals surface area contributed by atoms with Crippen LogP contribution in [0.5, 0.6) is 5.75 Å². The van der Waals surface area contributed by atoms with Gasteiger partial charge >= 0.3 is 0 Å². The third kappa shape index (κ3) is 3.51. The number of hydrogen-bond donors (Lipinski definition) is 1. The average Bonchev–Trinajstić information content (AvgIpc) is 2.86. The molecule has 0 aliphatic rings. The zero-order valence-electron chi connectivity index (χ0n) is 12.5. The Kier molecular flexibility index (Phi) is 4.65. The molecule has 1 aromatic carbocycles. The molecule has 4 heteroatoms. The Bertz CT molecular complexity index is 576. The van der Waals surface area contributed by atoms with E-state index < -0.39 is 0 Å². The van der Waals surface area contributed by atoms with E-state index in [0.29, 0.717) is 24.1 Å². The van der Waals surface area contributed by atoms with Gasteiger partial charge in [-0.1, -0.05) is 27.7 Å². The number of hydrogen-bond acceptors (Lipinski definition) is 4. The Morgan fingerprint density at radius 2 is 2.00 bits per heavy atom. The van der Waals surface area contributed by atoms with E-state index in [9.17, 15) is 0 Å². The Morgan fingerprint density at radius 3 is 2.55 bits per heavy atom. The maximum atomic E-state index is 6.06. The summed E-state index contributed by atoms with van der Waals surface area (Å²) in [6.07, 6.45) is 0. The van der Waals surface area contributed by atoms with Crippen molar-refractivity contribution < 1.29 is 4.74 Å². The van der Waals surface area contributed by atoms with Crippen LogP contribution in [-0.2, 0) is 0 Å². The van der Waals surface area contributed by atoms with Crippen LogP contribution in [0.3, 0.4) is 0 Å². The van der Waals surface area contributed by atoms with Gasteiger partial charge in [-0.3, -0.25) is 0 Å². The monoisotopic (exact) mass is 290 g/mol. The fourth-order valence-electron chi connectivity index (χ4n) is 1.78. The summed E-state index contributed by atoms with van der Waals surface area (Å²) in [6.45, 7) is 9.22. The van der Waals surface area contributed by atoms with E-state index in [1.807, 2.05) is 18.2 Å². The van der Waals surface area contributed by atoms with Gasteiger partial charge in [0.15, 0.2) is 0 Å². The van der Waals surface area contributed by atoms with Crippen LogP contribution >= 0.6 is 11.3 Å². The number of benzene rings is 1. The van der Waals surface area contributed by atoms with Gasteiger partial charge in [-0.15, -0.1) is 11.3 Å². The van der Waals surface area contributed by atoms with Crippen LogP contribution in [0.4, 0.5) is 5.69 Å². The number of nitrogen functional groups attached to an aromatic ring is 1. The fraction of sp³-hybridized carbons (Fsp3) is 0.438. The van der Waals surface area contributed by atoms with E-state index in [4.69, 9.17) is 10.5 Å². The zero-order valence-corrected chi connectivity index (χ0v) is 13.3. The van der Waals surface area contributed by atoms with Crippen molar-refractivity contribution in [3.8, 4) is 17.0 Å². The first kappa shape index (κ1) is 14.9. The Balaban J connectivity index is 2.19. The second-order valence-electron chi connectivity index (χ2n) is 5.68. The maximum absolute atomic E-state index is 6.06. The summed E-state index contributed by atoms with van der Waals surface area (Å²) in [7, 11) is 0. The molecule has 1 heterocycles. The van der Waals surface area contributed by atoms with E-state index in [0.717, 1.165) is 22.0 Å². The molecule has 108 valence electrons. The molecule has 0 aliphatic carbocycles. The summed E-state index contributed by atoms with van der Waals surface area (Å²) in [4.78, 5) is 4.65. The van der Waals surface area contributed by atoms with Crippen LogP contribution in [0.15, 0.2) is 23.6 Å². The molecule has 2 rings (SSSR count). The lowest BCUT2D eigenvalue weighted by atomic mass is 10.1. The first-order valence-electron chi connectivity index (χ1n) is 6.95. The van der Waals surface area contributed by atoms with Gasteiger partial charge in [0.05, 0.1) is 23.0 Å². The van der Waals surface area contributed by atoms with Crippen LogP contribution in [0, 0.1) is 5.92 Å². The molecule has 3 nitrogen and oxygen atoms in total. The van der Waals surface area contributed by atoms with Crippen molar-refractivity contribution in [2.24, 2.45) is 5.92 Å². The quantitative estimate of drug-likeness (QED) is 0.822. The highest BCUT2D eigenvalue weighted by molar-refractivity contribution is 7.10. The largest absolute Gasteiger partial charge is 0.491 e. The molecule has 0 amide bonds. The molecule has 0 saturated carbocycles. The molecule has 0 radical (unpaired) electrons. The number of nitrogens with zero attached hydrogens (tertiary/aromatic N) is 1. The Hall–Kier alpha value is -1.55. The van der Waals surface area contributed by atoms with E-state index in [1.54, 1.807) is 11.3 Å². The number of aromatic nitrogens is 1. The standard InChI is InChI=1S/C16H22N2OS/c1-10(2)8-19-15-6-5-12(7-13(15)17)14-9-20-16(18-14)11(3)4/h5-7,9-11H,8,17H2,1-4H3. The Morgan fingerprint density at radius 1 is 1.25 bits per heavy atom. The van der Waals surface area contributed by atoms with Gasteiger partial charge in [-0.05, 0) is 24.1 Å². The van der Waals surface area contributed by atoms with Gasteiger partial charge < -0.3 is 10.5 Å². The van der Waals surface area contributed by atoms with Crippen molar-refractivity contribution in [3.63, 3.8) is 0 Å². The van der Waals surface area contributed by atoms with E-state index in [-0.39, 0.29) is 0 Å². The van der Waals surface area contributed by atoms with Gasteiger partial charge in [0.2, 0.25) is 0 Å². The molecule has 1 aromatic heterocycles. The normalized spacial score (nSPS) is 11.3. The molecule has 0 unspecified atom stereocenters. The molecule has 0 saturated heterocycles. The molecule has 0 bridgehead atoms. The predicted octanol–water partition coefficient (Wildman–Crippen LogP) is 4.55. The van der Waals surface area contributed by atoms with Crippen molar-refractivity contribution >= 4 is 17.0 Å². The number of anilines is 1. The van der Waals surface area contributed by atoms with Gasteiger partial charge in [-0.25, -0.2) is 4.98 Å². The van der Waals surface area contributed by atoms with E-state index in [2.05, 4.69) is 38.1 Å². The molecule has 0 spiro atoms. The van der Waals surface area contributed by atoms with Gasteiger partial charge in [0.1, 0.15) is 5.75 Å². The topological polar surface area (TPSA) is 48.1 Å². The van der Waals surface area contributed by atoms with Crippen LogP contribution in [0.1, 0.15) is 38.6 Å². The second-order valence-corrected chi connectivity index (χ2v) is 6.57. The first-order chi connectivity index (χ1) is 9.47. The van der Waals surface area contributed by atoms with Gasteiger partial charge in [0, 0.05) is 16.9 Å². The third-order valence-corrected chi connectivity index (χ3v) is 4.04. The van der Waals surface area contributed by atoms with Gasteiger partial charge in [-0.2, -0.15) is 0 Å². The van der Waals surface area contributed by atoms with Crippen LogP contribution in [-0.4, -0.2) is 11.6 Å². The molecular weight excluding hydrogens is 268 g/mol. The smallest absolute Gasteiger partial charge is 0.142 e. The maximum Gasteiger partial charge on any atom is 0.142 e. The summed E-state index contributed by atoms with van der Waals surface area (Å²) in [5.74, 6) is 1.70. The minimum absolute atomic E-state index is 0.458. The molecular formula is C16H22N2OS. The lowest BCUT2D eigenvalue weighted by molar-refractivity contribution is 0.272. The highest BCUT2D eigenvalue weighted by atomic mass is 32.1. The molecule has 2 aromatic rings. The van der Waals surface area contributed by atoms with Gasteiger partial charge in [0.25, 0.3) is 0 Å². The highest BCUT2D eigenvalue weighted by Gasteiger charge is 2.10. The summed E-state index contributed by atoms with van der Waals surface area (Å²) in [5.41, 5.74) is 8.76. The van der Waals surface area contributed by atoms with Crippen molar-refractivity contribution in [1.29, 1.82) is 0 Å². The van der Waals surface area contributed by atoms with E-state index in [1.165, 1.54) is 0 Å². The number of thiazole rings is 1. The summed E-state index contributed by atoms with van der Waals surface area (Å²) >= 11 is 1.69. The van der Waals surface area contributed by atoms with Crippen molar-refractivity contribution in [2.75, 3.05) is 12.3 Å². The van der Waals surface area contributed by atoms with E-state index >= 15 is 0 Å². The molecule has 0 fully saturated rings. The lowest BCUT2D eigenvalue weighted by Gasteiger charge is -2.11. The SMILES string of the molecule is CC(C)COc1ccc(-c2csc(C(C)C)n2)cc1N. The van der Waals surface area contributed by atoms with Crippen LogP contribution < -0.4 is 10.5 Å². The predicted molar refractivity (Wildman–Crippen MR) is 86.4 cm³/mol. The van der Waals surface area contributed by atoms with Crippen LogP contribution in [0.25, 0.3) is 11.3 Å². The number of rotatable bonds is 5. The van der Waals surface area contributed by atoms with Crippen molar-refractivity contribution in [1.82, 2.24) is 4.98 Å². The summed E-state index contributed by atoms with van der Waals surface area (Å²) in [6, 6.07) is 5.89.